The molecule has 2 aromatic carbocycles. The SMILES string of the molecule is O=C(Nc1cnn(CC2CC2)c1)c1ccc(COc2ccc3ccccc3c2)o1. The Morgan fingerprint density at radius 2 is 2.00 bits per heavy atom. The number of rotatable bonds is 7. The van der Waals surface area contributed by atoms with Crippen LogP contribution in [0.1, 0.15) is 29.2 Å². The van der Waals surface area contributed by atoms with Crippen molar-refractivity contribution in [3.05, 3.63) is 78.5 Å². The molecule has 146 valence electrons. The molecule has 1 aliphatic rings. The molecule has 0 bridgehead atoms. The molecule has 0 spiro atoms. The van der Waals surface area contributed by atoms with Crippen molar-refractivity contribution in [2.24, 2.45) is 5.92 Å². The van der Waals surface area contributed by atoms with Crippen molar-refractivity contribution in [2.75, 3.05) is 5.32 Å². The first-order chi connectivity index (χ1) is 14.2. The highest BCUT2D eigenvalue weighted by atomic mass is 16.5. The van der Waals surface area contributed by atoms with Gasteiger partial charge in [-0.2, -0.15) is 5.10 Å². The van der Waals surface area contributed by atoms with Crippen molar-refractivity contribution >= 4 is 22.4 Å². The molecule has 0 unspecified atom stereocenters. The Balaban J connectivity index is 1.19. The highest BCUT2D eigenvalue weighted by Gasteiger charge is 2.22. The van der Waals surface area contributed by atoms with Gasteiger partial charge in [-0.3, -0.25) is 9.48 Å². The summed E-state index contributed by atoms with van der Waals surface area (Å²) in [6, 6.07) is 17.5. The molecule has 6 nitrogen and oxygen atoms in total. The zero-order chi connectivity index (χ0) is 19.6. The van der Waals surface area contributed by atoms with E-state index in [1.807, 2.05) is 47.3 Å². The monoisotopic (exact) mass is 387 g/mol. The zero-order valence-electron chi connectivity index (χ0n) is 15.9. The van der Waals surface area contributed by atoms with Gasteiger partial charge in [0.15, 0.2) is 5.76 Å². The maximum absolute atomic E-state index is 12.4. The van der Waals surface area contributed by atoms with Crippen LogP contribution < -0.4 is 10.1 Å². The number of carbonyl (C=O) groups is 1. The molecule has 1 saturated carbocycles. The predicted molar refractivity (Wildman–Crippen MR) is 110 cm³/mol. The molecule has 29 heavy (non-hydrogen) atoms. The van der Waals surface area contributed by atoms with Gasteiger partial charge >= 0.3 is 0 Å². The Kier molecular flexibility index (Phi) is 4.52. The van der Waals surface area contributed by atoms with E-state index in [0.29, 0.717) is 11.4 Å². The third-order valence-corrected chi connectivity index (χ3v) is 5.02. The number of furan rings is 1. The predicted octanol–water partition coefficient (Wildman–Crippen LogP) is 4.87. The highest BCUT2D eigenvalue weighted by molar-refractivity contribution is 6.02. The molecule has 0 aliphatic heterocycles. The first-order valence-electron chi connectivity index (χ1n) is 9.77. The van der Waals surface area contributed by atoms with Crippen LogP contribution in [0.4, 0.5) is 5.69 Å². The summed E-state index contributed by atoms with van der Waals surface area (Å²) in [6.45, 7) is 1.16. The van der Waals surface area contributed by atoms with E-state index < -0.39 is 0 Å². The van der Waals surface area contributed by atoms with Crippen LogP contribution in [0.15, 0.2) is 71.4 Å². The average molecular weight is 387 g/mol. The molecule has 6 heteroatoms. The zero-order valence-corrected chi connectivity index (χ0v) is 15.9. The Morgan fingerprint density at radius 1 is 1.14 bits per heavy atom. The lowest BCUT2D eigenvalue weighted by Crippen LogP contribution is -2.10. The van der Waals surface area contributed by atoms with Gasteiger partial charge in [-0.1, -0.05) is 30.3 Å². The number of nitrogens with one attached hydrogen (secondary N) is 1. The maximum atomic E-state index is 12.4. The van der Waals surface area contributed by atoms with Gasteiger partial charge in [0, 0.05) is 12.7 Å². The van der Waals surface area contributed by atoms with Gasteiger partial charge in [-0.25, -0.2) is 0 Å². The molecule has 0 atom stereocenters. The number of amides is 1. The van der Waals surface area contributed by atoms with E-state index in [1.165, 1.54) is 12.8 Å². The molecular formula is C23H21N3O3. The highest BCUT2D eigenvalue weighted by Crippen LogP contribution is 2.30. The van der Waals surface area contributed by atoms with Gasteiger partial charge in [-0.15, -0.1) is 0 Å². The largest absolute Gasteiger partial charge is 0.486 e. The fourth-order valence-corrected chi connectivity index (χ4v) is 3.27. The number of benzene rings is 2. The van der Waals surface area contributed by atoms with Gasteiger partial charge in [0.2, 0.25) is 0 Å². The number of anilines is 1. The Hall–Kier alpha value is -3.54. The number of aromatic nitrogens is 2. The second-order valence-electron chi connectivity index (χ2n) is 7.41. The molecule has 5 rings (SSSR count). The Labute approximate surface area is 168 Å². The minimum absolute atomic E-state index is 0.247. The first-order valence-corrected chi connectivity index (χ1v) is 9.77. The van der Waals surface area contributed by atoms with Crippen LogP contribution in [0, 0.1) is 5.92 Å². The van der Waals surface area contributed by atoms with Crippen molar-refractivity contribution in [3.63, 3.8) is 0 Å². The fourth-order valence-electron chi connectivity index (χ4n) is 3.27. The second kappa shape index (κ2) is 7.47. The lowest BCUT2D eigenvalue weighted by molar-refractivity contribution is 0.0992. The van der Waals surface area contributed by atoms with Crippen LogP contribution in [0.3, 0.4) is 0 Å². The van der Waals surface area contributed by atoms with E-state index in [9.17, 15) is 4.79 Å². The lowest BCUT2D eigenvalue weighted by Gasteiger charge is -2.06. The molecule has 1 N–H and O–H groups in total. The average Bonchev–Trinajstić information content (AvgIpc) is 3.23. The first kappa shape index (κ1) is 17.6. The van der Waals surface area contributed by atoms with E-state index in [-0.39, 0.29) is 18.3 Å². The molecule has 0 saturated heterocycles. The molecule has 1 fully saturated rings. The van der Waals surface area contributed by atoms with Crippen molar-refractivity contribution < 1.29 is 13.9 Å². The van der Waals surface area contributed by atoms with Crippen molar-refractivity contribution in [2.45, 2.75) is 26.0 Å². The number of ether oxygens (including phenoxy) is 1. The quantitative estimate of drug-likeness (QED) is 0.491. The molecule has 4 aromatic rings. The number of fused-ring (bicyclic) bond motifs is 1. The third kappa shape index (κ3) is 4.16. The number of carbonyl (C=O) groups excluding carboxylic acids is 1. The van der Waals surface area contributed by atoms with Crippen LogP contribution in [0.25, 0.3) is 10.8 Å². The Morgan fingerprint density at radius 3 is 2.86 bits per heavy atom. The summed E-state index contributed by atoms with van der Waals surface area (Å²) in [5, 5.41) is 9.39. The van der Waals surface area contributed by atoms with Gasteiger partial charge < -0.3 is 14.5 Å². The van der Waals surface area contributed by atoms with Gasteiger partial charge in [0.25, 0.3) is 5.91 Å². The maximum Gasteiger partial charge on any atom is 0.291 e. The lowest BCUT2D eigenvalue weighted by atomic mass is 10.1. The van der Waals surface area contributed by atoms with E-state index >= 15 is 0 Å². The molecule has 1 amide bonds. The van der Waals surface area contributed by atoms with Crippen LogP contribution in [-0.4, -0.2) is 15.7 Å². The van der Waals surface area contributed by atoms with Crippen molar-refractivity contribution in [1.29, 1.82) is 0 Å². The van der Waals surface area contributed by atoms with Crippen LogP contribution in [0.5, 0.6) is 5.75 Å². The van der Waals surface area contributed by atoms with E-state index in [2.05, 4.69) is 16.5 Å². The van der Waals surface area contributed by atoms with E-state index in [0.717, 1.165) is 29.0 Å². The van der Waals surface area contributed by atoms with Crippen molar-refractivity contribution in [3.8, 4) is 5.75 Å². The topological polar surface area (TPSA) is 69.3 Å². The standard InChI is InChI=1S/C23H21N3O3/c27-23(25-19-12-24-26(14-19)13-16-5-6-16)22-10-9-21(29-22)15-28-20-8-7-17-3-1-2-4-18(17)11-20/h1-4,7-12,14,16H,5-6,13,15H2,(H,25,27). The molecular weight excluding hydrogens is 366 g/mol. The summed E-state index contributed by atoms with van der Waals surface area (Å²) < 4.78 is 13.3. The summed E-state index contributed by atoms with van der Waals surface area (Å²) in [4.78, 5) is 12.4. The summed E-state index contributed by atoms with van der Waals surface area (Å²) in [6.07, 6.45) is 6.03. The van der Waals surface area contributed by atoms with Crippen LogP contribution in [-0.2, 0) is 13.2 Å². The number of hydrogen-bond acceptors (Lipinski definition) is 4. The van der Waals surface area contributed by atoms with Crippen LogP contribution in [0.2, 0.25) is 0 Å². The molecule has 0 radical (unpaired) electrons. The minimum atomic E-state index is -0.298. The second-order valence-corrected chi connectivity index (χ2v) is 7.41. The van der Waals surface area contributed by atoms with Crippen LogP contribution >= 0.6 is 0 Å². The van der Waals surface area contributed by atoms with Crippen molar-refractivity contribution in [1.82, 2.24) is 9.78 Å². The number of nitrogens with zero attached hydrogens (tertiary/aromatic N) is 2. The normalized spacial score (nSPS) is 13.5. The van der Waals surface area contributed by atoms with E-state index in [4.69, 9.17) is 9.15 Å². The van der Waals surface area contributed by atoms with E-state index in [1.54, 1.807) is 18.3 Å². The Bertz CT molecular complexity index is 1160. The number of hydrogen-bond donors (Lipinski definition) is 1. The molecule has 1 aliphatic carbocycles. The fraction of sp³-hybridized carbons (Fsp3) is 0.217. The molecule has 2 heterocycles. The summed E-state index contributed by atoms with van der Waals surface area (Å²) in [5.74, 6) is 2.03. The smallest absolute Gasteiger partial charge is 0.291 e. The summed E-state index contributed by atoms with van der Waals surface area (Å²) >= 11 is 0. The minimum Gasteiger partial charge on any atom is -0.486 e. The van der Waals surface area contributed by atoms with Gasteiger partial charge in [-0.05, 0) is 53.8 Å². The van der Waals surface area contributed by atoms with Gasteiger partial charge in [0.05, 0.1) is 11.9 Å². The van der Waals surface area contributed by atoms with Gasteiger partial charge in [0.1, 0.15) is 18.1 Å². The third-order valence-electron chi connectivity index (χ3n) is 5.02. The summed E-state index contributed by atoms with van der Waals surface area (Å²) in [5.41, 5.74) is 0.668. The molecule has 2 aromatic heterocycles. The summed E-state index contributed by atoms with van der Waals surface area (Å²) in [7, 11) is 0.